The van der Waals surface area contributed by atoms with Gasteiger partial charge in [0, 0.05) is 17.2 Å². The van der Waals surface area contributed by atoms with Gasteiger partial charge in [0.05, 0.1) is 12.8 Å². The third-order valence-electron chi connectivity index (χ3n) is 2.17. The van der Waals surface area contributed by atoms with Crippen molar-refractivity contribution < 1.29 is 4.42 Å². The van der Waals surface area contributed by atoms with Gasteiger partial charge < -0.3 is 9.73 Å². The maximum atomic E-state index is 5.23. The Morgan fingerprint density at radius 3 is 2.69 bits per heavy atom. The number of furan rings is 1. The molecular formula is C13H15NOS. The Kier molecular flexibility index (Phi) is 4.52. The first-order valence-corrected chi connectivity index (χ1v) is 6.34. The molecule has 0 aliphatic rings. The van der Waals surface area contributed by atoms with E-state index in [1.54, 1.807) is 6.26 Å². The van der Waals surface area contributed by atoms with E-state index in [2.05, 4.69) is 29.6 Å². The van der Waals surface area contributed by atoms with Crippen molar-refractivity contribution in [3.8, 4) is 0 Å². The second-order valence-electron chi connectivity index (χ2n) is 3.42. The minimum absolute atomic E-state index is 0.808. The number of hydrogen-bond acceptors (Lipinski definition) is 3. The highest BCUT2D eigenvalue weighted by Gasteiger charge is 1.95. The lowest BCUT2D eigenvalue weighted by atomic mass is 10.4. The van der Waals surface area contributed by atoms with Gasteiger partial charge in [-0.1, -0.05) is 18.2 Å². The third kappa shape index (κ3) is 3.76. The summed E-state index contributed by atoms with van der Waals surface area (Å²) in [7, 11) is 0. The van der Waals surface area contributed by atoms with Crippen LogP contribution in [0.3, 0.4) is 0 Å². The Morgan fingerprint density at radius 2 is 1.94 bits per heavy atom. The molecule has 0 bridgehead atoms. The number of hydrogen-bond donors (Lipinski definition) is 1. The van der Waals surface area contributed by atoms with Gasteiger partial charge in [0.25, 0.3) is 0 Å². The van der Waals surface area contributed by atoms with Gasteiger partial charge in [0.15, 0.2) is 0 Å². The molecule has 0 fully saturated rings. The molecular weight excluding hydrogens is 218 g/mol. The summed E-state index contributed by atoms with van der Waals surface area (Å²) >= 11 is 1.86. The molecule has 0 amide bonds. The van der Waals surface area contributed by atoms with Gasteiger partial charge in [-0.25, -0.2) is 0 Å². The van der Waals surface area contributed by atoms with Crippen molar-refractivity contribution in [1.29, 1.82) is 0 Å². The number of benzene rings is 1. The Balaban J connectivity index is 1.59. The van der Waals surface area contributed by atoms with Crippen molar-refractivity contribution in [2.24, 2.45) is 0 Å². The smallest absolute Gasteiger partial charge is 0.117 e. The summed E-state index contributed by atoms with van der Waals surface area (Å²) in [6.45, 7) is 1.79. The van der Waals surface area contributed by atoms with Crippen LogP contribution in [0, 0.1) is 0 Å². The molecule has 16 heavy (non-hydrogen) atoms. The van der Waals surface area contributed by atoms with Crippen LogP contribution in [0.1, 0.15) is 5.76 Å². The minimum Gasteiger partial charge on any atom is -0.468 e. The first-order valence-electron chi connectivity index (χ1n) is 5.36. The normalized spacial score (nSPS) is 10.5. The van der Waals surface area contributed by atoms with Crippen molar-refractivity contribution in [3.63, 3.8) is 0 Å². The monoisotopic (exact) mass is 233 g/mol. The average molecular weight is 233 g/mol. The molecule has 2 aromatic rings. The summed E-state index contributed by atoms with van der Waals surface area (Å²) < 4.78 is 5.23. The van der Waals surface area contributed by atoms with Gasteiger partial charge in [0.2, 0.25) is 0 Å². The Labute approximate surface area is 100 Å². The zero-order valence-corrected chi connectivity index (χ0v) is 9.87. The largest absolute Gasteiger partial charge is 0.468 e. The SMILES string of the molecule is c1ccc(SCCNCc2ccco2)cc1. The molecule has 1 N–H and O–H groups in total. The Morgan fingerprint density at radius 1 is 1.06 bits per heavy atom. The van der Waals surface area contributed by atoms with Crippen LogP contribution >= 0.6 is 11.8 Å². The molecule has 0 aliphatic carbocycles. The minimum atomic E-state index is 0.808. The van der Waals surface area contributed by atoms with Gasteiger partial charge >= 0.3 is 0 Å². The highest BCUT2D eigenvalue weighted by atomic mass is 32.2. The molecule has 1 heterocycles. The molecule has 0 unspecified atom stereocenters. The van der Waals surface area contributed by atoms with E-state index in [1.165, 1.54) is 4.90 Å². The second-order valence-corrected chi connectivity index (χ2v) is 4.59. The fourth-order valence-electron chi connectivity index (χ4n) is 1.38. The predicted molar refractivity (Wildman–Crippen MR) is 67.6 cm³/mol. The summed E-state index contributed by atoms with van der Waals surface area (Å²) in [4.78, 5) is 1.32. The summed E-state index contributed by atoms with van der Waals surface area (Å²) in [6.07, 6.45) is 1.70. The van der Waals surface area contributed by atoms with E-state index in [0.29, 0.717) is 0 Å². The quantitative estimate of drug-likeness (QED) is 0.613. The van der Waals surface area contributed by atoms with Crippen LogP contribution in [0.5, 0.6) is 0 Å². The van der Waals surface area contributed by atoms with Gasteiger partial charge in [-0.2, -0.15) is 0 Å². The maximum absolute atomic E-state index is 5.23. The van der Waals surface area contributed by atoms with Crippen LogP contribution < -0.4 is 5.32 Å². The molecule has 0 saturated carbocycles. The average Bonchev–Trinajstić information content (AvgIpc) is 2.83. The van der Waals surface area contributed by atoms with Gasteiger partial charge in [-0.3, -0.25) is 0 Å². The molecule has 0 saturated heterocycles. The van der Waals surface area contributed by atoms with E-state index in [9.17, 15) is 0 Å². The van der Waals surface area contributed by atoms with E-state index in [-0.39, 0.29) is 0 Å². The fourth-order valence-corrected chi connectivity index (χ4v) is 2.21. The molecule has 1 aromatic carbocycles. The maximum Gasteiger partial charge on any atom is 0.117 e. The van der Waals surface area contributed by atoms with Crippen molar-refractivity contribution in [2.75, 3.05) is 12.3 Å². The van der Waals surface area contributed by atoms with E-state index in [0.717, 1.165) is 24.6 Å². The molecule has 0 atom stereocenters. The van der Waals surface area contributed by atoms with Crippen molar-refractivity contribution in [2.45, 2.75) is 11.4 Å². The predicted octanol–water partition coefficient (Wildman–Crippen LogP) is 3.16. The second kappa shape index (κ2) is 6.40. The molecule has 3 heteroatoms. The highest BCUT2D eigenvalue weighted by molar-refractivity contribution is 7.99. The third-order valence-corrected chi connectivity index (χ3v) is 3.18. The van der Waals surface area contributed by atoms with Gasteiger partial charge in [-0.05, 0) is 24.3 Å². The first kappa shape index (κ1) is 11.3. The summed E-state index contributed by atoms with van der Waals surface area (Å²) in [6, 6.07) is 14.3. The lowest BCUT2D eigenvalue weighted by molar-refractivity contribution is 0.488. The standard InChI is InChI=1S/C13H15NOS/c1-2-6-13(7-3-1)16-10-8-14-11-12-5-4-9-15-12/h1-7,9,14H,8,10-11H2. The first-order chi connectivity index (χ1) is 7.95. The lowest BCUT2D eigenvalue weighted by Gasteiger charge is -2.02. The lowest BCUT2D eigenvalue weighted by Crippen LogP contribution is -2.15. The van der Waals surface area contributed by atoms with Crippen LogP contribution in [0.15, 0.2) is 58.0 Å². The zero-order chi connectivity index (χ0) is 11.1. The molecule has 0 aliphatic heterocycles. The zero-order valence-electron chi connectivity index (χ0n) is 9.06. The van der Waals surface area contributed by atoms with Crippen molar-refractivity contribution in [1.82, 2.24) is 5.32 Å². The molecule has 0 radical (unpaired) electrons. The van der Waals surface area contributed by atoms with Crippen LogP contribution in [-0.2, 0) is 6.54 Å². The summed E-state index contributed by atoms with van der Waals surface area (Å²) in [5.41, 5.74) is 0. The number of rotatable bonds is 6. The van der Waals surface area contributed by atoms with Crippen molar-refractivity contribution in [3.05, 3.63) is 54.5 Å². The van der Waals surface area contributed by atoms with Crippen LogP contribution in [0.25, 0.3) is 0 Å². The topological polar surface area (TPSA) is 25.2 Å². The van der Waals surface area contributed by atoms with E-state index in [4.69, 9.17) is 4.42 Å². The summed E-state index contributed by atoms with van der Waals surface area (Å²) in [5.74, 6) is 2.06. The molecule has 2 nitrogen and oxygen atoms in total. The van der Waals surface area contributed by atoms with Crippen molar-refractivity contribution >= 4 is 11.8 Å². The molecule has 0 spiro atoms. The summed E-state index contributed by atoms with van der Waals surface area (Å²) in [5, 5.41) is 3.34. The van der Waals surface area contributed by atoms with E-state index in [1.807, 2.05) is 30.0 Å². The van der Waals surface area contributed by atoms with Crippen LogP contribution in [0.2, 0.25) is 0 Å². The molecule has 2 rings (SSSR count). The Hall–Kier alpha value is -1.19. The van der Waals surface area contributed by atoms with Crippen LogP contribution in [0.4, 0.5) is 0 Å². The number of thioether (sulfide) groups is 1. The van der Waals surface area contributed by atoms with Crippen LogP contribution in [-0.4, -0.2) is 12.3 Å². The Bertz CT molecular complexity index is 386. The molecule has 84 valence electrons. The fraction of sp³-hybridized carbons (Fsp3) is 0.231. The van der Waals surface area contributed by atoms with Gasteiger partial charge in [-0.15, -0.1) is 11.8 Å². The molecule has 1 aromatic heterocycles. The van der Waals surface area contributed by atoms with E-state index >= 15 is 0 Å². The van der Waals surface area contributed by atoms with Gasteiger partial charge in [0.1, 0.15) is 5.76 Å². The number of nitrogens with one attached hydrogen (secondary N) is 1. The van der Waals surface area contributed by atoms with E-state index < -0.39 is 0 Å². The highest BCUT2D eigenvalue weighted by Crippen LogP contribution is 2.15.